The molecule has 0 bridgehead atoms. The molecular weight excluding hydrogens is 468 g/mol. The normalized spacial score (nSPS) is 14.1. The fraction of sp³-hybridized carbons (Fsp3) is 0.321. The number of nitrogens with one attached hydrogen (secondary N) is 1. The van der Waals surface area contributed by atoms with Gasteiger partial charge in [-0.1, -0.05) is 18.2 Å². The van der Waals surface area contributed by atoms with E-state index in [0.29, 0.717) is 43.8 Å². The third-order valence-electron chi connectivity index (χ3n) is 6.81. The maximum Gasteiger partial charge on any atom is 0.338 e. The van der Waals surface area contributed by atoms with E-state index in [2.05, 4.69) is 27.3 Å². The van der Waals surface area contributed by atoms with E-state index in [0.717, 1.165) is 33.8 Å². The van der Waals surface area contributed by atoms with Crippen LogP contribution in [0.5, 0.6) is 0 Å². The predicted octanol–water partition coefficient (Wildman–Crippen LogP) is 4.46. The Bertz CT molecular complexity index is 1420. The Morgan fingerprint density at radius 2 is 1.70 bits per heavy atom. The third-order valence-corrected chi connectivity index (χ3v) is 6.81. The van der Waals surface area contributed by atoms with E-state index in [-0.39, 0.29) is 17.8 Å². The van der Waals surface area contributed by atoms with Crippen LogP contribution in [0.3, 0.4) is 0 Å². The molecule has 190 valence electrons. The van der Waals surface area contributed by atoms with Gasteiger partial charge in [0.1, 0.15) is 5.52 Å². The summed E-state index contributed by atoms with van der Waals surface area (Å²) in [5, 5.41) is 17.9. The second-order valence-electron chi connectivity index (χ2n) is 9.21. The van der Waals surface area contributed by atoms with E-state index in [1.165, 1.54) is 0 Å². The van der Waals surface area contributed by atoms with Crippen LogP contribution in [-0.4, -0.2) is 51.6 Å². The first-order valence-electron chi connectivity index (χ1n) is 12.6. The van der Waals surface area contributed by atoms with Crippen molar-refractivity contribution >= 4 is 34.3 Å². The second kappa shape index (κ2) is 10.4. The molecule has 4 aromatic rings. The van der Waals surface area contributed by atoms with Gasteiger partial charge in [0.2, 0.25) is 5.91 Å². The maximum atomic E-state index is 12.9. The number of para-hydroxylation sites is 1. The summed E-state index contributed by atoms with van der Waals surface area (Å²) in [5.74, 6) is 0.253. The van der Waals surface area contributed by atoms with Gasteiger partial charge in [-0.3, -0.25) is 4.79 Å². The van der Waals surface area contributed by atoms with Crippen molar-refractivity contribution in [1.29, 1.82) is 0 Å². The number of amides is 1. The lowest BCUT2D eigenvalue weighted by Gasteiger charge is -2.32. The van der Waals surface area contributed by atoms with Gasteiger partial charge in [-0.05, 0) is 70.0 Å². The van der Waals surface area contributed by atoms with E-state index in [1.54, 1.807) is 31.2 Å². The molecule has 1 aliphatic heterocycles. The summed E-state index contributed by atoms with van der Waals surface area (Å²) in [6.07, 6.45) is 1.39. The van der Waals surface area contributed by atoms with Crippen LogP contribution < -0.4 is 10.2 Å². The van der Waals surface area contributed by atoms with Crippen molar-refractivity contribution in [2.45, 2.75) is 33.6 Å². The average Bonchev–Trinajstić information content (AvgIpc) is 3.28. The summed E-state index contributed by atoms with van der Waals surface area (Å²) in [5.41, 5.74) is 4.82. The summed E-state index contributed by atoms with van der Waals surface area (Å²) >= 11 is 0. The number of anilines is 2. The van der Waals surface area contributed by atoms with E-state index in [4.69, 9.17) is 9.84 Å². The highest BCUT2D eigenvalue weighted by Gasteiger charge is 2.28. The number of carbonyl (C=O) groups excluding carboxylic acids is 2. The number of esters is 1. The van der Waals surface area contributed by atoms with Gasteiger partial charge in [0, 0.05) is 24.7 Å². The first-order chi connectivity index (χ1) is 18.0. The van der Waals surface area contributed by atoms with Gasteiger partial charge >= 0.3 is 5.97 Å². The molecule has 0 spiro atoms. The van der Waals surface area contributed by atoms with Crippen molar-refractivity contribution in [1.82, 2.24) is 20.0 Å². The molecular formula is C28H30N6O3. The molecule has 5 rings (SSSR count). The molecule has 0 aliphatic carbocycles. The summed E-state index contributed by atoms with van der Waals surface area (Å²) in [7, 11) is 0. The van der Waals surface area contributed by atoms with Crippen LogP contribution in [0.2, 0.25) is 0 Å². The maximum absolute atomic E-state index is 12.9. The summed E-state index contributed by atoms with van der Waals surface area (Å²) in [6, 6.07) is 16.8. The van der Waals surface area contributed by atoms with Crippen molar-refractivity contribution in [2.75, 3.05) is 29.9 Å². The Kier molecular flexibility index (Phi) is 6.85. The van der Waals surface area contributed by atoms with Gasteiger partial charge in [-0.25, -0.2) is 9.48 Å². The number of hydrogen-bond acceptors (Lipinski definition) is 7. The predicted molar refractivity (Wildman–Crippen MR) is 142 cm³/mol. The summed E-state index contributed by atoms with van der Waals surface area (Å²) in [6.45, 7) is 7.47. The van der Waals surface area contributed by atoms with Gasteiger partial charge in [-0.15, -0.1) is 5.10 Å². The lowest BCUT2D eigenvalue weighted by Crippen LogP contribution is -2.38. The molecule has 3 heterocycles. The summed E-state index contributed by atoms with van der Waals surface area (Å²) < 4.78 is 6.95. The Morgan fingerprint density at radius 3 is 2.38 bits per heavy atom. The zero-order valence-electron chi connectivity index (χ0n) is 21.3. The number of nitrogens with zero attached hydrogens (tertiary/aromatic N) is 5. The van der Waals surface area contributed by atoms with Crippen LogP contribution in [0.25, 0.3) is 16.6 Å². The van der Waals surface area contributed by atoms with Crippen molar-refractivity contribution in [3.63, 3.8) is 0 Å². The van der Waals surface area contributed by atoms with Crippen molar-refractivity contribution < 1.29 is 14.3 Å². The first kappa shape index (κ1) is 24.4. The Labute approximate surface area is 215 Å². The minimum Gasteiger partial charge on any atom is -0.462 e. The lowest BCUT2D eigenvalue weighted by molar-refractivity contribution is -0.120. The van der Waals surface area contributed by atoms with Crippen LogP contribution in [0.1, 0.15) is 41.5 Å². The molecule has 2 aromatic heterocycles. The van der Waals surface area contributed by atoms with Gasteiger partial charge in [0.05, 0.1) is 34.6 Å². The van der Waals surface area contributed by atoms with Crippen LogP contribution in [0.4, 0.5) is 11.5 Å². The molecule has 1 fully saturated rings. The monoisotopic (exact) mass is 498 g/mol. The van der Waals surface area contributed by atoms with Gasteiger partial charge < -0.3 is 15.0 Å². The average molecular weight is 499 g/mol. The van der Waals surface area contributed by atoms with Crippen LogP contribution in [0.15, 0.2) is 54.6 Å². The van der Waals surface area contributed by atoms with E-state index in [9.17, 15) is 9.59 Å². The minimum atomic E-state index is -0.371. The van der Waals surface area contributed by atoms with E-state index < -0.39 is 0 Å². The van der Waals surface area contributed by atoms with E-state index in [1.807, 2.05) is 41.9 Å². The lowest BCUT2D eigenvalue weighted by atomic mass is 9.95. The van der Waals surface area contributed by atoms with Crippen molar-refractivity contribution in [2.24, 2.45) is 5.92 Å². The van der Waals surface area contributed by atoms with Crippen LogP contribution >= 0.6 is 0 Å². The fourth-order valence-electron chi connectivity index (χ4n) is 4.85. The van der Waals surface area contributed by atoms with Gasteiger partial charge in [0.15, 0.2) is 5.82 Å². The number of fused-ring (bicyclic) bond motifs is 1. The standard InChI is InChI=1S/C28H30N6O3/c1-4-37-28(36)21-10-12-22(13-11-21)29-27(35)20-14-16-33(17-15-20)26-25-24(18(2)30-31-26)19(3)34(32-25)23-8-6-5-7-9-23/h5-13,20H,4,14-17H2,1-3H3,(H,29,35). The molecule has 0 saturated carbocycles. The number of aromatic nitrogens is 4. The van der Waals surface area contributed by atoms with Crippen molar-refractivity contribution in [3.8, 4) is 5.69 Å². The zero-order valence-corrected chi connectivity index (χ0v) is 21.3. The largest absolute Gasteiger partial charge is 0.462 e. The molecule has 0 radical (unpaired) electrons. The molecule has 2 aromatic carbocycles. The van der Waals surface area contributed by atoms with E-state index >= 15 is 0 Å². The Balaban J connectivity index is 1.28. The molecule has 9 nitrogen and oxygen atoms in total. The number of piperidine rings is 1. The van der Waals surface area contributed by atoms with Crippen molar-refractivity contribution in [3.05, 3.63) is 71.5 Å². The molecule has 1 amide bonds. The van der Waals surface area contributed by atoms with Crippen LogP contribution in [-0.2, 0) is 9.53 Å². The van der Waals surface area contributed by atoms with Gasteiger partial charge in [-0.2, -0.15) is 10.2 Å². The number of ether oxygens (including phenoxy) is 1. The summed E-state index contributed by atoms with van der Waals surface area (Å²) in [4.78, 5) is 26.9. The molecule has 1 saturated heterocycles. The van der Waals surface area contributed by atoms with Crippen LogP contribution in [0, 0.1) is 19.8 Å². The number of hydrogen-bond donors (Lipinski definition) is 1. The molecule has 1 aliphatic rings. The highest BCUT2D eigenvalue weighted by Crippen LogP contribution is 2.31. The topological polar surface area (TPSA) is 102 Å². The number of carbonyl (C=O) groups is 2. The molecule has 0 unspecified atom stereocenters. The zero-order chi connectivity index (χ0) is 25.9. The molecule has 1 N–H and O–H groups in total. The quantitative estimate of drug-likeness (QED) is 0.392. The first-order valence-corrected chi connectivity index (χ1v) is 12.6. The fourth-order valence-corrected chi connectivity index (χ4v) is 4.85. The number of benzene rings is 2. The van der Waals surface area contributed by atoms with Gasteiger partial charge in [0.25, 0.3) is 0 Å². The highest BCUT2D eigenvalue weighted by molar-refractivity contribution is 5.95. The third kappa shape index (κ3) is 4.89. The Hall–Kier alpha value is -4.27. The molecule has 9 heteroatoms. The minimum absolute atomic E-state index is 0.0205. The number of aryl methyl sites for hydroxylation is 2. The molecule has 0 atom stereocenters. The molecule has 37 heavy (non-hydrogen) atoms. The highest BCUT2D eigenvalue weighted by atomic mass is 16.5. The second-order valence-corrected chi connectivity index (χ2v) is 9.21. The smallest absolute Gasteiger partial charge is 0.338 e. The Morgan fingerprint density at radius 1 is 1.00 bits per heavy atom. The SMILES string of the molecule is CCOC(=O)c1ccc(NC(=O)C2CCN(c3nnc(C)c4c(C)n(-c5ccccc5)nc34)CC2)cc1. The number of rotatable bonds is 6.